The van der Waals surface area contributed by atoms with Crippen LogP contribution >= 0.6 is 0 Å². The van der Waals surface area contributed by atoms with Crippen LogP contribution in [-0.2, 0) is 6.42 Å². The van der Waals surface area contributed by atoms with Gasteiger partial charge in [-0.1, -0.05) is 18.2 Å². The van der Waals surface area contributed by atoms with Crippen LogP contribution in [0.3, 0.4) is 0 Å². The zero-order valence-electron chi connectivity index (χ0n) is 12.3. The first-order valence-corrected chi connectivity index (χ1v) is 6.95. The summed E-state index contributed by atoms with van der Waals surface area (Å²) in [4.78, 5) is 22.9. The van der Waals surface area contributed by atoms with Crippen LogP contribution in [-0.4, -0.2) is 10.0 Å². The second kappa shape index (κ2) is 5.57. The van der Waals surface area contributed by atoms with Gasteiger partial charge in [-0.15, -0.1) is 0 Å². The fourth-order valence-corrected chi connectivity index (χ4v) is 2.62. The molecule has 3 aromatic rings. The summed E-state index contributed by atoms with van der Waals surface area (Å²) >= 11 is 0. The number of para-hydroxylation sites is 1. The van der Waals surface area contributed by atoms with Crippen molar-refractivity contribution >= 4 is 16.7 Å². The van der Waals surface area contributed by atoms with Gasteiger partial charge in [0.15, 0.2) is 0 Å². The molecule has 116 valence electrons. The highest BCUT2D eigenvalue weighted by atomic mass is 16.6. The van der Waals surface area contributed by atoms with Crippen molar-refractivity contribution in [3.63, 3.8) is 0 Å². The smallest absolute Gasteiger partial charge is 0.340 e. The van der Waals surface area contributed by atoms with Crippen molar-refractivity contribution in [2.75, 3.05) is 0 Å². The van der Waals surface area contributed by atoms with E-state index in [1.54, 1.807) is 31.2 Å². The van der Waals surface area contributed by atoms with Crippen molar-refractivity contribution in [2.24, 2.45) is 0 Å². The number of benzene rings is 2. The Hall–Kier alpha value is -3.15. The number of fused-ring (bicyclic) bond motifs is 1. The van der Waals surface area contributed by atoms with Gasteiger partial charge in [0.25, 0.3) is 5.69 Å². The van der Waals surface area contributed by atoms with Gasteiger partial charge in [0.1, 0.15) is 11.3 Å². The molecule has 3 rings (SSSR count). The van der Waals surface area contributed by atoms with Crippen LogP contribution in [0.5, 0.6) is 5.75 Å². The van der Waals surface area contributed by atoms with E-state index < -0.39 is 10.5 Å². The quantitative estimate of drug-likeness (QED) is 0.455. The molecule has 0 aliphatic heterocycles. The van der Waals surface area contributed by atoms with Crippen molar-refractivity contribution in [1.29, 1.82) is 0 Å². The van der Waals surface area contributed by atoms with Crippen molar-refractivity contribution in [3.05, 3.63) is 79.7 Å². The Bertz CT molecular complexity index is 974. The molecule has 0 bridgehead atoms. The Labute approximate surface area is 130 Å². The van der Waals surface area contributed by atoms with E-state index in [1.807, 2.05) is 0 Å². The first-order valence-electron chi connectivity index (χ1n) is 6.95. The molecule has 0 amide bonds. The fraction of sp³-hybridized carbons (Fsp3) is 0.118. The van der Waals surface area contributed by atoms with Gasteiger partial charge in [0.05, 0.1) is 4.92 Å². The van der Waals surface area contributed by atoms with Crippen LogP contribution in [0.25, 0.3) is 11.0 Å². The van der Waals surface area contributed by atoms with Crippen molar-refractivity contribution < 1.29 is 14.4 Å². The fourth-order valence-electron chi connectivity index (χ4n) is 2.62. The number of rotatable bonds is 3. The van der Waals surface area contributed by atoms with E-state index in [-0.39, 0.29) is 17.9 Å². The maximum Gasteiger partial charge on any atom is 0.340 e. The predicted molar refractivity (Wildman–Crippen MR) is 84.8 cm³/mol. The van der Waals surface area contributed by atoms with Crippen LogP contribution in [0.15, 0.2) is 51.7 Å². The monoisotopic (exact) mass is 311 g/mol. The van der Waals surface area contributed by atoms with Gasteiger partial charge in [-0.3, -0.25) is 10.1 Å². The second-order valence-corrected chi connectivity index (χ2v) is 5.24. The summed E-state index contributed by atoms with van der Waals surface area (Å²) in [5.41, 5.74) is 1.22. The van der Waals surface area contributed by atoms with E-state index in [2.05, 4.69) is 0 Å². The summed E-state index contributed by atoms with van der Waals surface area (Å²) < 4.78 is 5.24. The van der Waals surface area contributed by atoms with Crippen molar-refractivity contribution in [2.45, 2.75) is 13.3 Å². The molecular formula is C17H13NO5. The molecule has 0 aliphatic rings. The molecule has 0 saturated carbocycles. The highest BCUT2D eigenvalue weighted by Gasteiger charge is 2.18. The molecule has 0 radical (unpaired) electrons. The predicted octanol–water partition coefficient (Wildman–Crippen LogP) is 3.31. The lowest BCUT2D eigenvalue weighted by molar-refractivity contribution is -0.385. The highest BCUT2D eigenvalue weighted by molar-refractivity contribution is 5.82. The lowest BCUT2D eigenvalue weighted by Gasteiger charge is -2.08. The average molecular weight is 311 g/mol. The van der Waals surface area contributed by atoms with E-state index >= 15 is 0 Å². The molecule has 1 N–H and O–H groups in total. The molecule has 6 nitrogen and oxygen atoms in total. The Morgan fingerprint density at radius 2 is 1.96 bits per heavy atom. The molecule has 23 heavy (non-hydrogen) atoms. The minimum absolute atomic E-state index is 0.00602. The molecule has 0 unspecified atom stereocenters. The van der Waals surface area contributed by atoms with Gasteiger partial charge in [-0.05, 0) is 24.6 Å². The number of nitrogens with zero attached hydrogens (tertiary/aromatic N) is 1. The van der Waals surface area contributed by atoms with Gasteiger partial charge in [-0.25, -0.2) is 4.79 Å². The van der Waals surface area contributed by atoms with E-state index in [4.69, 9.17) is 4.42 Å². The molecule has 0 aliphatic carbocycles. The molecule has 1 heterocycles. The van der Waals surface area contributed by atoms with Crippen LogP contribution in [0.4, 0.5) is 5.69 Å². The normalized spacial score (nSPS) is 10.8. The summed E-state index contributed by atoms with van der Waals surface area (Å²) in [6.45, 7) is 1.76. The molecule has 0 spiro atoms. The zero-order valence-corrected chi connectivity index (χ0v) is 12.3. The number of aromatic hydroxyl groups is 1. The van der Waals surface area contributed by atoms with Crippen LogP contribution < -0.4 is 5.63 Å². The number of nitro benzene ring substituents is 1. The molecule has 0 saturated heterocycles. The third-order valence-electron chi connectivity index (χ3n) is 3.83. The summed E-state index contributed by atoms with van der Waals surface area (Å²) in [5, 5.41) is 21.3. The minimum Gasteiger partial charge on any atom is -0.508 e. The van der Waals surface area contributed by atoms with Gasteiger partial charge in [0.2, 0.25) is 0 Å². The van der Waals surface area contributed by atoms with E-state index in [1.165, 1.54) is 18.2 Å². The summed E-state index contributed by atoms with van der Waals surface area (Å²) in [6.07, 6.45) is 0.113. The summed E-state index contributed by atoms with van der Waals surface area (Å²) in [7, 11) is 0. The lowest BCUT2D eigenvalue weighted by atomic mass is 9.98. The number of nitro groups is 1. The molecule has 0 fully saturated rings. The van der Waals surface area contributed by atoms with Crippen molar-refractivity contribution in [1.82, 2.24) is 0 Å². The standard InChI is InChI=1S/C17H13NO5/c1-10-13-7-6-12(19)9-16(13)23-17(20)14(10)8-11-4-2-3-5-15(11)18(21)22/h2-7,9,19H,8H2,1H3. The van der Waals surface area contributed by atoms with Crippen LogP contribution in [0, 0.1) is 17.0 Å². The van der Waals surface area contributed by atoms with E-state index in [0.29, 0.717) is 27.7 Å². The first-order chi connectivity index (χ1) is 11.0. The van der Waals surface area contributed by atoms with Gasteiger partial charge in [-0.2, -0.15) is 0 Å². The number of hydrogen-bond acceptors (Lipinski definition) is 5. The topological polar surface area (TPSA) is 93.6 Å². The highest BCUT2D eigenvalue weighted by Crippen LogP contribution is 2.26. The Balaban J connectivity index is 2.16. The van der Waals surface area contributed by atoms with Gasteiger partial charge < -0.3 is 9.52 Å². The SMILES string of the molecule is Cc1c(Cc2ccccc2[N+](=O)[O-])c(=O)oc2cc(O)ccc12. The van der Waals surface area contributed by atoms with Crippen LogP contribution in [0.2, 0.25) is 0 Å². The van der Waals surface area contributed by atoms with Gasteiger partial charge >= 0.3 is 5.63 Å². The number of phenols is 1. The number of phenolic OH excluding ortho intramolecular Hbond substituents is 1. The largest absolute Gasteiger partial charge is 0.508 e. The summed E-state index contributed by atoms with van der Waals surface area (Å²) in [5.74, 6) is 0.00602. The lowest BCUT2D eigenvalue weighted by Crippen LogP contribution is -2.11. The Morgan fingerprint density at radius 3 is 2.70 bits per heavy atom. The van der Waals surface area contributed by atoms with Crippen LogP contribution in [0.1, 0.15) is 16.7 Å². The van der Waals surface area contributed by atoms with E-state index in [0.717, 1.165) is 0 Å². The van der Waals surface area contributed by atoms with Gasteiger partial charge in [0, 0.05) is 35.1 Å². The number of aryl methyl sites for hydroxylation is 1. The Morgan fingerprint density at radius 1 is 1.22 bits per heavy atom. The second-order valence-electron chi connectivity index (χ2n) is 5.24. The Kier molecular flexibility index (Phi) is 3.57. The molecular weight excluding hydrogens is 298 g/mol. The molecule has 1 aromatic heterocycles. The van der Waals surface area contributed by atoms with Crippen molar-refractivity contribution in [3.8, 4) is 5.75 Å². The maximum atomic E-state index is 12.2. The average Bonchev–Trinajstić information content (AvgIpc) is 2.51. The maximum absolute atomic E-state index is 12.2. The molecule has 2 aromatic carbocycles. The summed E-state index contributed by atoms with van der Waals surface area (Å²) in [6, 6.07) is 10.8. The number of hydrogen-bond donors (Lipinski definition) is 1. The molecule has 0 atom stereocenters. The molecule has 6 heteroatoms. The third-order valence-corrected chi connectivity index (χ3v) is 3.83. The first kappa shape index (κ1) is 14.8. The third kappa shape index (κ3) is 2.66. The van der Waals surface area contributed by atoms with E-state index in [9.17, 15) is 20.0 Å². The minimum atomic E-state index is -0.557. The zero-order chi connectivity index (χ0) is 16.6.